The summed E-state index contributed by atoms with van der Waals surface area (Å²) >= 11 is 1.38. The van der Waals surface area contributed by atoms with E-state index in [4.69, 9.17) is 13.6 Å². The Hall–Kier alpha value is -4.90. The van der Waals surface area contributed by atoms with Crippen LogP contribution in [0.2, 0.25) is 0 Å². The number of ether oxygens (including phenoxy) is 1. The molecule has 0 aliphatic rings. The fraction of sp³-hybridized carbons (Fsp3) is 0.107. The van der Waals surface area contributed by atoms with Crippen LogP contribution in [0.1, 0.15) is 33.3 Å². The molecule has 0 radical (unpaired) electrons. The van der Waals surface area contributed by atoms with Gasteiger partial charge in [0.1, 0.15) is 0 Å². The van der Waals surface area contributed by atoms with Gasteiger partial charge in [-0.05, 0) is 61.5 Å². The van der Waals surface area contributed by atoms with E-state index in [-0.39, 0.29) is 24.0 Å². The number of hydrogen-bond acceptors (Lipinski definition) is 9. The molecule has 0 aliphatic heterocycles. The number of nitrogens with zero attached hydrogens (tertiary/aromatic N) is 3. The number of fused-ring (bicyclic) bond motifs is 1. The van der Waals surface area contributed by atoms with Crippen LogP contribution < -0.4 is 11.1 Å². The van der Waals surface area contributed by atoms with Crippen LogP contribution in [0, 0.1) is 6.92 Å². The molecule has 11 heteroatoms. The van der Waals surface area contributed by atoms with Crippen molar-refractivity contribution in [3.05, 3.63) is 106 Å². The normalized spacial score (nSPS) is 11.2. The average Bonchev–Trinajstić information content (AvgIpc) is 3.48. The number of nitrogens with one attached hydrogen (secondary N) is 1. The minimum Gasteiger partial charge on any atom is -0.440 e. The second kappa shape index (κ2) is 11.2. The maximum Gasteiger partial charge on any atom is 0.519 e. The largest absolute Gasteiger partial charge is 0.519 e. The van der Waals surface area contributed by atoms with Crippen molar-refractivity contribution in [2.45, 2.75) is 23.3 Å². The highest BCUT2D eigenvalue weighted by Crippen LogP contribution is 2.33. The predicted octanol–water partition coefficient (Wildman–Crippen LogP) is 5.15. The van der Waals surface area contributed by atoms with Crippen LogP contribution >= 0.6 is 11.8 Å². The van der Waals surface area contributed by atoms with Gasteiger partial charge in [0.15, 0.2) is 18.1 Å². The molecule has 39 heavy (non-hydrogen) atoms. The summed E-state index contributed by atoms with van der Waals surface area (Å²) in [6.45, 7) is 1.24. The van der Waals surface area contributed by atoms with E-state index in [1.54, 1.807) is 43.6 Å². The van der Waals surface area contributed by atoms with E-state index < -0.39 is 11.9 Å². The first-order valence-electron chi connectivity index (χ1n) is 11.8. The zero-order valence-corrected chi connectivity index (χ0v) is 21.7. The van der Waals surface area contributed by atoms with E-state index in [0.29, 0.717) is 22.2 Å². The van der Waals surface area contributed by atoms with Gasteiger partial charge in [-0.25, -0.2) is 9.59 Å². The van der Waals surface area contributed by atoms with Gasteiger partial charge < -0.3 is 18.9 Å². The second-order valence-electron chi connectivity index (χ2n) is 8.23. The minimum absolute atomic E-state index is 0.113. The summed E-state index contributed by atoms with van der Waals surface area (Å²) in [5.74, 6) is -0.729. The Labute approximate surface area is 226 Å². The highest BCUT2D eigenvalue weighted by molar-refractivity contribution is 7.99. The first-order chi connectivity index (χ1) is 18.9. The molecule has 1 N–H and O–H groups in total. The van der Waals surface area contributed by atoms with Crippen LogP contribution in [0.3, 0.4) is 0 Å². The van der Waals surface area contributed by atoms with Crippen molar-refractivity contribution < 1.29 is 23.2 Å². The summed E-state index contributed by atoms with van der Waals surface area (Å²) in [5.41, 5.74) is 2.29. The third-order valence-corrected chi connectivity index (χ3v) is 6.77. The van der Waals surface area contributed by atoms with Gasteiger partial charge in [0.25, 0.3) is 5.91 Å². The topological polar surface area (TPSA) is 129 Å². The number of aromatic nitrogens is 3. The predicted molar refractivity (Wildman–Crippen MR) is 144 cm³/mol. The number of benzene rings is 2. The van der Waals surface area contributed by atoms with Gasteiger partial charge in [-0.2, -0.15) is 9.78 Å². The molecule has 0 fully saturated rings. The van der Waals surface area contributed by atoms with E-state index >= 15 is 0 Å². The third-order valence-electron chi connectivity index (χ3n) is 5.70. The molecular weight excluding hydrogens is 520 g/mol. The van der Waals surface area contributed by atoms with Gasteiger partial charge in [0.05, 0.1) is 22.5 Å². The second-order valence-corrected chi connectivity index (χ2v) is 9.34. The Morgan fingerprint density at radius 3 is 2.64 bits per heavy atom. The van der Waals surface area contributed by atoms with Gasteiger partial charge in [-0.15, -0.1) is 0 Å². The number of amides is 1. The molecule has 0 bridgehead atoms. The molecule has 0 saturated heterocycles. The number of carbonyl (C=O) groups excluding carboxylic acids is 2. The van der Waals surface area contributed by atoms with Gasteiger partial charge >= 0.3 is 11.9 Å². The Kier molecular flexibility index (Phi) is 7.41. The number of rotatable bonds is 7. The minimum atomic E-state index is -0.872. The lowest BCUT2D eigenvalue weighted by Gasteiger charge is -2.08. The highest BCUT2D eigenvalue weighted by Gasteiger charge is 2.19. The molecule has 5 rings (SSSR count). The molecule has 0 atom stereocenters. The molecule has 5 aromatic rings. The molecule has 3 heterocycles. The Balaban J connectivity index is 1.51. The van der Waals surface area contributed by atoms with Crippen molar-refractivity contribution in [1.82, 2.24) is 20.1 Å². The number of carbonyl (C=O) groups is 2. The number of aryl methyl sites for hydroxylation is 1. The zero-order valence-electron chi connectivity index (χ0n) is 20.9. The van der Waals surface area contributed by atoms with E-state index in [1.807, 2.05) is 42.5 Å². The molecule has 10 nitrogen and oxygen atoms in total. The summed E-state index contributed by atoms with van der Waals surface area (Å²) in [6, 6.07) is 18.4. The molecule has 0 saturated carbocycles. The lowest BCUT2D eigenvalue weighted by molar-refractivity contribution is 0.0960. The van der Waals surface area contributed by atoms with Gasteiger partial charge in [-0.1, -0.05) is 30.0 Å². The van der Waals surface area contributed by atoms with Crippen LogP contribution in [0.25, 0.3) is 23.1 Å². The Morgan fingerprint density at radius 1 is 1.08 bits per heavy atom. The van der Waals surface area contributed by atoms with Crippen LogP contribution in [-0.2, 0) is 11.3 Å². The fourth-order valence-electron chi connectivity index (χ4n) is 3.78. The first kappa shape index (κ1) is 25.7. The maximum atomic E-state index is 13.1. The quantitative estimate of drug-likeness (QED) is 0.297. The van der Waals surface area contributed by atoms with Crippen molar-refractivity contribution in [2.24, 2.45) is 0 Å². The smallest absolute Gasteiger partial charge is 0.440 e. The van der Waals surface area contributed by atoms with E-state index in [0.717, 1.165) is 20.2 Å². The molecule has 3 aromatic heterocycles. The lowest BCUT2D eigenvalue weighted by Crippen LogP contribution is -2.18. The third kappa shape index (κ3) is 5.68. The van der Waals surface area contributed by atoms with Gasteiger partial charge in [0.2, 0.25) is 0 Å². The van der Waals surface area contributed by atoms with Gasteiger partial charge in [-0.3, -0.25) is 9.78 Å². The van der Waals surface area contributed by atoms with Crippen LogP contribution in [-0.4, -0.2) is 33.8 Å². The summed E-state index contributed by atoms with van der Waals surface area (Å²) in [4.78, 5) is 42.6. The molecule has 0 spiro atoms. The van der Waals surface area contributed by atoms with E-state index in [9.17, 15) is 14.4 Å². The Bertz CT molecular complexity index is 1750. The zero-order chi connectivity index (χ0) is 27.4. The lowest BCUT2D eigenvalue weighted by atomic mass is 10.2. The average molecular weight is 543 g/mol. The van der Waals surface area contributed by atoms with Crippen molar-refractivity contribution in [1.29, 1.82) is 0 Å². The van der Waals surface area contributed by atoms with Crippen molar-refractivity contribution in [2.75, 3.05) is 7.05 Å². The standard InChI is InChI=1S/C28H22N4O6S/c1-17-24(38-28(35)37-17)16-36-27(34)32-23-15-19(39-25-9-4-3-8-21(25)26(33)29-2)11-12-20(23)22(31-32)13-10-18-7-5-6-14-30-18/h3-15H,16H2,1-2H3,(H,29,33)/b13-10+. The molecule has 0 unspecified atom stereocenters. The number of hydrogen-bond donors (Lipinski definition) is 1. The maximum absolute atomic E-state index is 13.1. The molecule has 196 valence electrons. The molecule has 0 aliphatic carbocycles. The molecular formula is C28H22N4O6S. The van der Waals surface area contributed by atoms with Crippen LogP contribution in [0.15, 0.2) is 90.3 Å². The summed E-state index contributed by atoms with van der Waals surface area (Å²) in [5, 5.41) is 7.84. The molecule has 2 aromatic carbocycles. The monoisotopic (exact) mass is 542 g/mol. The van der Waals surface area contributed by atoms with Crippen molar-refractivity contribution in [3.8, 4) is 0 Å². The van der Waals surface area contributed by atoms with Crippen LogP contribution in [0.5, 0.6) is 0 Å². The van der Waals surface area contributed by atoms with Crippen molar-refractivity contribution in [3.63, 3.8) is 0 Å². The van der Waals surface area contributed by atoms with Crippen LogP contribution in [0.4, 0.5) is 4.79 Å². The summed E-state index contributed by atoms with van der Waals surface area (Å²) in [6.07, 6.45) is 4.48. The van der Waals surface area contributed by atoms with Crippen molar-refractivity contribution >= 4 is 46.8 Å². The SMILES string of the molecule is CNC(=O)c1ccccc1Sc1ccc2c(/C=C/c3ccccn3)nn(C(=O)OCc3oc(=O)oc3C)c2c1. The number of pyridine rings is 1. The van der Waals surface area contributed by atoms with E-state index in [1.165, 1.54) is 18.7 Å². The highest BCUT2D eigenvalue weighted by atomic mass is 32.2. The fourth-order valence-corrected chi connectivity index (χ4v) is 4.76. The van der Waals surface area contributed by atoms with E-state index in [2.05, 4.69) is 15.4 Å². The molecule has 1 amide bonds. The summed E-state index contributed by atoms with van der Waals surface area (Å²) < 4.78 is 16.3. The first-order valence-corrected chi connectivity index (χ1v) is 12.6. The van der Waals surface area contributed by atoms with Gasteiger partial charge in [0, 0.05) is 28.4 Å². The summed E-state index contributed by atoms with van der Waals surface area (Å²) in [7, 11) is 1.58. The Morgan fingerprint density at radius 2 is 1.90 bits per heavy atom.